The summed E-state index contributed by atoms with van der Waals surface area (Å²) < 4.78 is 0. The van der Waals surface area contributed by atoms with Crippen molar-refractivity contribution in [3.8, 4) is 11.1 Å². The number of hydrogen-bond donors (Lipinski definition) is 2. The molecule has 5 heteroatoms. The predicted molar refractivity (Wildman–Crippen MR) is 196 cm³/mol. The summed E-state index contributed by atoms with van der Waals surface area (Å²) in [6.45, 7) is 11.8. The Bertz CT molecular complexity index is 1650. The van der Waals surface area contributed by atoms with Gasteiger partial charge in [-0.05, 0) is 132 Å². The number of benzene rings is 4. The maximum Gasteiger partial charge on any atom is 0.251 e. The van der Waals surface area contributed by atoms with Crippen LogP contribution in [0.5, 0.6) is 0 Å². The Labute approximate surface area is 286 Å². The van der Waals surface area contributed by atoms with Crippen LogP contribution < -0.4 is 10.6 Å². The molecule has 0 heterocycles. The van der Waals surface area contributed by atoms with Gasteiger partial charge in [-0.1, -0.05) is 93.9 Å². The van der Waals surface area contributed by atoms with Crippen LogP contribution in [0, 0.1) is 18.3 Å². The molecule has 2 N–H and O–H groups in total. The molecule has 4 nitrogen and oxygen atoms in total. The molecule has 4 aromatic rings. The van der Waals surface area contributed by atoms with Crippen molar-refractivity contribution < 1.29 is 9.59 Å². The second-order valence-electron chi connectivity index (χ2n) is 14.3. The van der Waals surface area contributed by atoms with Gasteiger partial charge < -0.3 is 10.6 Å². The van der Waals surface area contributed by atoms with Gasteiger partial charge in [0.25, 0.3) is 5.91 Å². The van der Waals surface area contributed by atoms with Crippen LogP contribution in [0.3, 0.4) is 0 Å². The molecule has 1 saturated carbocycles. The number of anilines is 1. The summed E-state index contributed by atoms with van der Waals surface area (Å²) in [4.78, 5) is 26.5. The maximum absolute atomic E-state index is 14.0. The molecule has 2 amide bonds. The highest BCUT2D eigenvalue weighted by Crippen LogP contribution is 2.43. The molecule has 1 aliphatic rings. The number of carbonyl (C=O) groups is 2. The monoisotopic (exact) mass is 648 g/mol. The van der Waals surface area contributed by atoms with Gasteiger partial charge in [-0.2, -0.15) is 0 Å². The minimum absolute atomic E-state index is 0.0522. The lowest BCUT2D eigenvalue weighted by atomic mass is 9.68. The third-order valence-electron chi connectivity index (χ3n) is 9.92. The van der Waals surface area contributed by atoms with E-state index in [0.29, 0.717) is 29.9 Å². The Morgan fingerprint density at radius 1 is 0.851 bits per heavy atom. The SMILES string of the molecule is CCCNC(=O)c1ccc(C[C@@H](C(=O)Nc2ccc(-c3ccc(Cl)cc3C)cc2)c2ccc(C3CCC(C(C)(C)C)CC3)cc2)cc1. The maximum atomic E-state index is 14.0. The third-order valence-corrected chi connectivity index (χ3v) is 10.2. The number of rotatable bonds is 10. The van der Waals surface area contributed by atoms with Crippen molar-refractivity contribution in [2.75, 3.05) is 11.9 Å². The summed E-state index contributed by atoms with van der Waals surface area (Å²) in [5.74, 6) is 0.836. The summed E-state index contributed by atoms with van der Waals surface area (Å²) in [5, 5.41) is 6.84. The van der Waals surface area contributed by atoms with Crippen LogP contribution in [0.15, 0.2) is 91.0 Å². The summed E-state index contributed by atoms with van der Waals surface area (Å²) in [6.07, 6.45) is 6.39. The first-order valence-corrected chi connectivity index (χ1v) is 17.5. The number of hydrogen-bond acceptors (Lipinski definition) is 2. The predicted octanol–water partition coefficient (Wildman–Crippen LogP) is 10.7. The van der Waals surface area contributed by atoms with Gasteiger partial charge in [0.15, 0.2) is 0 Å². The summed E-state index contributed by atoms with van der Waals surface area (Å²) in [6, 6.07) is 30.3. The van der Waals surface area contributed by atoms with E-state index in [1.54, 1.807) is 0 Å². The van der Waals surface area contributed by atoms with E-state index >= 15 is 0 Å². The van der Waals surface area contributed by atoms with E-state index in [-0.39, 0.29) is 11.8 Å². The number of nitrogens with one attached hydrogen (secondary N) is 2. The van der Waals surface area contributed by atoms with Gasteiger partial charge in [0.2, 0.25) is 5.91 Å². The van der Waals surface area contributed by atoms with E-state index in [2.05, 4.69) is 55.7 Å². The molecule has 0 bridgehead atoms. The zero-order chi connectivity index (χ0) is 33.6. The molecule has 1 fully saturated rings. The first kappa shape index (κ1) is 34.4. The highest BCUT2D eigenvalue weighted by molar-refractivity contribution is 6.30. The van der Waals surface area contributed by atoms with E-state index in [1.807, 2.05) is 80.6 Å². The standard InChI is InChI=1S/C42H49ClN2O2/c1-6-25-44-40(46)34-9-7-29(8-10-34)27-39(33-13-11-30(12-14-33)31-15-19-35(20-16-31)42(3,4)5)41(47)45-37-22-17-32(18-23-37)38-24-21-36(43)26-28(38)2/h7-14,17-18,21-24,26,31,35,39H,6,15-16,19-20,25,27H2,1-5H3,(H,44,46)(H,45,47)/t31?,35?,39-/m1/s1. The van der Waals surface area contributed by atoms with Crippen molar-refractivity contribution in [2.24, 2.45) is 11.3 Å². The first-order valence-electron chi connectivity index (χ1n) is 17.2. The van der Waals surface area contributed by atoms with Crippen LogP contribution in [0.25, 0.3) is 11.1 Å². The zero-order valence-electron chi connectivity index (χ0n) is 28.5. The van der Waals surface area contributed by atoms with Crippen molar-refractivity contribution in [1.29, 1.82) is 0 Å². The molecule has 0 spiro atoms. The van der Waals surface area contributed by atoms with Gasteiger partial charge in [-0.3, -0.25) is 9.59 Å². The lowest BCUT2D eigenvalue weighted by Gasteiger charge is -2.37. The summed E-state index contributed by atoms with van der Waals surface area (Å²) >= 11 is 6.17. The summed E-state index contributed by atoms with van der Waals surface area (Å²) in [5.41, 5.74) is 8.41. The molecule has 0 aromatic heterocycles. The average molecular weight is 649 g/mol. The second kappa shape index (κ2) is 15.3. The van der Waals surface area contributed by atoms with Crippen LogP contribution in [0.2, 0.25) is 5.02 Å². The van der Waals surface area contributed by atoms with Crippen LogP contribution in [-0.4, -0.2) is 18.4 Å². The van der Waals surface area contributed by atoms with E-state index in [4.69, 9.17) is 11.6 Å². The molecule has 47 heavy (non-hydrogen) atoms. The van der Waals surface area contributed by atoms with Gasteiger partial charge in [0.05, 0.1) is 5.92 Å². The molecular formula is C42H49ClN2O2. The highest BCUT2D eigenvalue weighted by atomic mass is 35.5. The highest BCUT2D eigenvalue weighted by Gasteiger charge is 2.30. The quantitative estimate of drug-likeness (QED) is 0.180. The molecule has 0 unspecified atom stereocenters. The van der Waals surface area contributed by atoms with Crippen molar-refractivity contribution in [3.63, 3.8) is 0 Å². The van der Waals surface area contributed by atoms with Crippen LogP contribution in [-0.2, 0) is 11.2 Å². The van der Waals surface area contributed by atoms with Gasteiger partial charge >= 0.3 is 0 Å². The lowest BCUT2D eigenvalue weighted by Crippen LogP contribution is -2.25. The Morgan fingerprint density at radius 2 is 1.51 bits per heavy atom. The minimum atomic E-state index is -0.390. The van der Waals surface area contributed by atoms with Crippen molar-refractivity contribution in [1.82, 2.24) is 5.32 Å². The molecular weight excluding hydrogens is 600 g/mol. The normalized spacial score (nSPS) is 17.1. The molecule has 0 saturated heterocycles. The average Bonchev–Trinajstić information content (AvgIpc) is 3.06. The second-order valence-corrected chi connectivity index (χ2v) is 14.8. The molecule has 4 aromatic carbocycles. The summed E-state index contributed by atoms with van der Waals surface area (Å²) in [7, 11) is 0. The van der Waals surface area contributed by atoms with Crippen LogP contribution in [0.1, 0.15) is 104 Å². The molecule has 0 aliphatic heterocycles. The van der Waals surface area contributed by atoms with Crippen LogP contribution in [0.4, 0.5) is 5.69 Å². The minimum Gasteiger partial charge on any atom is -0.352 e. The van der Waals surface area contributed by atoms with E-state index in [0.717, 1.165) is 50.9 Å². The third kappa shape index (κ3) is 8.93. The Balaban J connectivity index is 1.34. The van der Waals surface area contributed by atoms with Crippen molar-refractivity contribution in [3.05, 3.63) is 124 Å². The smallest absolute Gasteiger partial charge is 0.251 e. The fourth-order valence-electron chi connectivity index (χ4n) is 6.94. The zero-order valence-corrected chi connectivity index (χ0v) is 29.3. The Kier molecular flexibility index (Phi) is 11.2. The molecule has 1 atom stereocenters. The lowest BCUT2D eigenvalue weighted by molar-refractivity contribution is -0.117. The largest absolute Gasteiger partial charge is 0.352 e. The van der Waals surface area contributed by atoms with E-state index in [9.17, 15) is 9.59 Å². The topological polar surface area (TPSA) is 58.2 Å². The Hall–Kier alpha value is -3.89. The van der Waals surface area contributed by atoms with Crippen molar-refractivity contribution >= 4 is 29.1 Å². The van der Waals surface area contributed by atoms with Gasteiger partial charge in [0, 0.05) is 22.8 Å². The molecule has 0 radical (unpaired) electrons. The van der Waals surface area contributed by atoms with Gasteiger partial charge in [-0.25, -0.2) is 0 Å². The van der Waals surface area contributed by atoms with Crippen molar-refractivity contribution in [2.45, 2.75) is 85.0 Å². The first-order chi connectivity index (χ1) is 22.5. The fraction of sp³-hybridized carbons (Fsp3) is 0.381. The van der Waals surface area contributed by atoms with E-state index in [1.165, 1.54) is 31.2 Å². The van der Waals surface area contributed by atoms with E-state index < -0.39 is 5.92 Å². The fourth-order valence-corrected chi connectivity index (χ4v) is 7.16. The number of aryl methyl sites for hydroxylation is 1. The van der Waals surface area contributed by atoms with Gasteiger partial charge in [0.1, 0.15) is 0 Å². The Morgan fingerprint density at radius 3 is 2.11 bits per heavy atom. The molecule has 5 rings (SSSR count). The molecule has 1 aliphatic carbocycles. The number of carbonyl (C=O) groups excluding carboxylic acids is 2. The number of halogens is 1. The molecule has 246 valence electrons. The van der Waals surface area contributed by atoms with Gasteiger partial charge in [-0.15, -0.1) is 0 Å². The van der Waals surface area contributed by atoms with Crippen LogP contribution >= 0.6 is 11.6 Å². The number of amides is 2.